The van der Waals surface area contributed by atoms with Crippen LogP contribution < -0.4 is 11.0 Å². The number of hydrogen-bond acceptors (Lipinski definition) is 8. The maximum Gasteiger partial charge on any atom is 0.351 e. The lowest BCUT2D eigenvalue weighted by atomic mass is 10.1. The number of carbonyl (C=O) groups excluding carboxylic acids is 3. The van der Waals surface area contributed by atoms with Crippen LogP contribution in [0.1, 0.15) is 48.4 Å². The Hall–Kier alpha value is -4.51. The minimum Gasteiger partial charge on any atom is -0.459 e. The molecule has 44 heavy (non-hydrogen) atoms. The van der Waals surface area contributed by atoms with E-state index in [2.05, 4.69) is 10.3 Å². The van der Waals surface area contributed by atoms with Crippen molar-refractivity contribution in [2.24, 2.45) is 0 Å². The average Bonchev–Trinajstić information content (AvgIpc) is 3.25. The minimum atomic E-state index is -2.03. The fraction of sp³-hybridized carbons (Fsp3) is 0.219. The molecule has 0 bridgehead atoms. The van der Waals surface area contributed by atoms with Gasteiger partial charge in [-0.15, -0.1) is 0 Å². The summed E-state index contributed by atoms with van der Waals surface area (Å²) in [4.78, 5) is 55.4. The third kappa shape index (κ3) is 6.83. The van der Waals surface area contributed by atoms with Gasteiger partial charge in [0.25, 0.3) is 5.91 Å². The van der Waals surface area contributed by atoms with Gasteiger partial charge in [-0.05, 0) is 56.3 Å². The topological polar surface area (TPSA) is 126 Å². The summed E-state index contributed by atoms with van der Waals surface area (Å²) in [6.07, 6.45) is -2.66. The molecule has 0 radical (unpaired) electrons. The van der Waals surface area contributed by atoms with E-state index in [9.17, 15) is 19.2 Å². The van der Waals surface area contributed by atoms with E-state index in [-0.39, 0.29) is 11.4 Å². The van der Waals surface area contributed by atoms with Crippen molar-refractivity contribution >= 4 is 46.9 Å². The van der Waals surface area contributed by atoms with Gasteiger partial charge in [0.05, 0.1) is 11.1 Å². The second kappa shape index (κ2) is 13.0. The molecule has 1 N–H and O–H groups in total. The van der Waals surface area contributed by atoms with Gasteiger partial charge in [-0.1, -0.05) is 76.8 Å². The number of alkyl halides is 2. The summed E-state index contributed by atoms with van der Waals surface area (Å²) in [5, 5.41) is 2.56. The Morgan fingerprint density at radius 3 is 2.05 bits per heavy atom. The van der Waals surface area contributed by atoms with Crippen LogP contribution in [-0.4, -0.2) is 50.5 Å². The molecule has 1 amide bonds. The molecule has 1 aliphatic rings. The number of nitrogens with zero attached hydrogens (tertiary/aromatic N) is 2. The molecular formula is C32H27Cl2N3O7. The van der Waals surface area contributed by atoms with Crippen LogP contribution >= 0.6 is 23.2 Å². The number of amides is 1. The summed E-state index contributed by atoms with van der Waals surface area (Å²) in [6, 6.07) is 23.2. The van der Waals surface area contributed by atoms with E-state index in [0.717, 1.165) is 15.7 Å². The Bertz CT molecular complexity index is 1730. The number of aromatic nitrogens is 2. The number of anilines is 1. The van der Waals surface area contributed by atoms with Crippen LogP contribution in [0.4, 0.5) is 5.82 Å². The third-order valence-corrected chi connectivity index (χ3v) is 7.70. The lowest BCUT2D eigenvalue weighted by Gasteiger charge is -2.27. The van der Waals surface area contributed by atoms with Gasteiger partial charge in [0.1, 0.15) is 18.5 Å². The number of benzene rings is 3. The minimum absolute atomic E-state index is 0.0150. The summed E-state index contributed by atoms with van der Waals surface area (Å²) in [5.41, 5.74) is 1.95. The molecule has 0 spiro atoms. The van der Waals surface area contributed by atoms with E-state index in [4.69, 9.17) is 37.4 Å². The fourth-order valence-electron chi connectivity index (χ4n) is 4.49. The Morgan fingerprint density at radius 1 is 0.864 bits per heavy atom. The first-order valence-electron chi connectivity index (χ1n) is 13.5. The number of nitrogens with one attached hydrogen (secondary N) is 1. The summed E-state index contributed by atoms with van der Waals surface area (Å²) in [6.45, 7) is 3.36. The largest absolute Gasteiger partial charge is 0.459 e. The molecule has 0 aliphatic carbocycles. The molecule has 3 aromatic carbocycles. The molecule has 12 heteroatoms. The average molecular weight is 636 g/mol. The van der Waals surface area contributed by atoms with Gasteiger partial charge in [-0.3, -0.25) is 9.36 Å². The van der Waals surface area contributed by atoms with Gasteiger partial charge in [0.15, 0.2) is 12.3 Å². The molecule has 3 atom stereocenters. The van der Waals surface area contributed by atoms with Crippen molar-refractivity contribution in [3.8, 4) is 0 Å². The zero-order chi connectivity index (χ0) is 31.4. The molecule has 1 aliphatic heterocycles. The molecule has 2 heterocycles. The van der Waals surface area contributed by atoms with Gasteiger partial charge in [-0.25, -0.2) is 14.4 Å². The molecule has 4 aromatic rings. The highest BCUT2D eigenvalue weighted by Gasteiger charge is 2.59. The molecule has 226 valence electrons. The molecule has 3 unspecified atom stereocenters. The van der Waals surface area contributed by atoms with Crippen molar-refractivity contribution < 1.29 is 28.6 Å². The summed E-state index contributed by atoms with van der Waals surface area (Å²) >= 11 is 13.6. The highest BCUT2D eigenvalue weighted by Crippen LogP contribution is 2.48. The highest BCUT2D eigenvalue weighted by atomic mass is 35.5. The zero-order valence-corrected chi connectivity index (χ0v) is 25.1. The van der Waals surface area contributed by atoms with E-state index < -0.39 is 52.9 Å². The fourth-order valence-corrected chi connectivity index (χ4v) is 5.17. The second-order valence-electron chi connectivity index (χ2n) is 10.2. The molecular weight excluding hydrogens is 609 g/mol. The first-order chi connectivity index (χ1) is 21.0. The van der Waals surface area contributed by atoms with Crippen LogP contribution in [0.25, 0.3) is 0 Å². The smallest absolute Gasteiger partial charge is 0.351 e. The number of hydrogen-bond donors (Lipinski definition) is 1. The van der Waals surface area contributed by atoms with E-state index in [0.29, 0.717) is 11.1 Å². The highest BCUT2D eigenvalue weighted by molar-refractivity contribution is 6.49. The van der Waals surface area contributed by atoms with Crippen LogP contribution in [-0.2, 0) is 14.2 Å². The first-order valence-corrected chi connectivity index (χ1v) is 14.3. The van der Waals surface area contributed by atoms with Crippen molar-refractivity contribution in [2.45, 2.75) is 36.6 Å². The Morgan fingerprint density at radius 2 is 1.45 bits per heavy atom. The van der Waals surface area contributed by atoms with Crippen molar-refractivity contribution in [2.75, 3.05) is 11.9 Å². The maximum absolute atomic E-state index is 13.1. The van der Waals surface area contributed by atoms with Gasteiger partial charge in [0, 0.05) is 11.8 Å². The third-order valence-electron chi connectivity index (χ3n) is 6.90. The number of esters is 2. The zero-order valence-electron chi connectivity index (χ0n) is 23.6. The number of aryl methyl sites for hydroxylation is 2. The molecule has 0 saturated carbocycles. The van der Waals surface area contributed by atoms with Gasteiger partial charge < -0.3 is 19.5 Å². The standard InChI is InChI=1S/C32H27Cl2N3O7/c1-19-8-12-22(13-9-19)28(39)42-18-24-26(44-29(40)23-14-10-20(2)11-15-23)32(33,34)30(43-24)37-17-16-25(36-31(37)41)35-27(38)21-6-4-3-5-7-21/h3-17,24,26,30H,18H2,1-2H3,(H,35,36,38,41). The molecule has 10 nitrogen and oxygen atoms in total. The van der Waals surface area contributed by atoms with E-state index in [1.165, 1.54) is 12.3 Å². The summed E-state index contributed by atoms with van der Waals surface area (Å²) in [7, 11) is 0. The van der Waals surface area contributed by atoms with Gasteiger partial charge in [0.2, 0.25) is 4.33 Å². The predicted molar refractivity (Wildman–Crippen MR) is 163 cm³/mol. The van der Waals surface area contributed by atoms with E-state index in [1.807, 2.05) is 13.8 Å². The van der Waals surface area contributed by atoms with E-state index in [1.54, 1.807) is 78.9 Å². The van der Waals surface area contributed by atoms with Crippen molar-refractivity contribution in [3.05, 3.63) is 129 Å². The van der Waals surface area contributed by atoms with Crippen LogP contribution in [0.15, 0.2) is 95.9 Å². The van der Waals surface area contributed by atoms with Crippen LogP contribution in [0.5, 0.6) is 0 Å². The lowest BCUT2D eigenvalue weighted by molar-refractivity contribution is -0.0582. The number of carbonyl (C=O) groups is 3. The molecule has 1 fully saturated rings. The van der Waals surface area contributed by atoms with Crippen molar-refractivity contribution in [3.63, 3.8) is 0 Å². The van der Waals surface area contributed by atoms with Gasteiger partial charge in [-0.2, -0.15) is 4.98 Å². The second-order valence-corrected chi connectivity index (χ2v) is 11.6. The SMILES string of the molecule is Cc1ccc(C(=O)OCC2OC(n3ccc(NC(=O)c4ccccc4)nc3=O)C(Cl)(Cl)C2OC(=O)c2ccc(C)cc2)cc1. The normalized spacial score (nSPS) is 18.8. The molecule has 1 saturated heterocycles. The number of ether oxygens (including phenoxy) is 3. The molecule has 1 aromatic heterocycles. The molecule has 5 rings (SSSR count). The van der Waals surface area contributed by atoms with Crippen LogP contribution in [0.3, 0.4) is 0 Å². The Labute approximate surface area is 262 Å². The monoisotopic (exact) mass is 635 g/mol. The Kier molecular flexibility index (Phi) is 9.14. The first kappa shape index (κ1) is 30.9. The summed E-state index contributed by atoms with van der Waals surface area (Å²) in [5.74, 6) is -1.87. The van der Waals surface area contributed by atoms with Crippen LogP contribution in [0, 0.1) is 13.8 Å². The maximum atomic E-state index is 13.1. The lowest BCUT2D eigenvalue weighted by Crippen LogP contribution is -2.43. The quantitative estimate of drug-likeness (QED) is 0.205. The van der Waals surface area contributed by atoms with Gasteiger partial charge >= 0.3 is 17.6 Å². The van der Waals surface area contributed by atoms with E-state index >= 15 is 0 Å². The summed E-state index contributed by atoms with van der Waals surface area (Å²) < 4.78 is 16.2. The predicted octanol–water partition coefficient (Wildman–Crippen LogP) is 5.27. The number of rotatable bonds is 8. The number of halogens is 2. The van der Waals surface area contributed by atoms with Crippen molar-refractivity contribution in [1.29, 1.82) is 0 Å². The van der Waals surface area contributed by atoms with Crippen molar-refractivity contribution in [1.82, 2.24) is 9.55 Å². The Balaban J connectivity index is 1.39. The van der Waals surface area contributed by atoms with Crippen LogP contribution in [0.2, 0.25) is 0 Å².